The number of likely N-dealkylation sites (tertiary alicyclic amines) is 1. The van der Waals surface area contributed by atoms with E-state index in [1.54, 1.807) is 32.7 Å². The Morgan fingerprint density at radius 3 is 2.37 bits per heavy atom. The first kappa shape index (κ1) is 22.8. The van der Waals surface area contributed by atoms with E-state index in [1.165, 1.54) is 11.3 Å². The Labute approximate surface area is 210 Å². The number of aromatic amines is 1. The van der Waals surface area contributed by atoms with Gasteiger partial charge in [-0.2, -0.15) is 0 Å². The third kappa shape index (κ3) is 3.11. The molecule has 2 N–H and O–H groups in total. The van der Waals surface area contributed by atoms with Crippen LogP contribution in [0.3, 0.4) is 0 Å². The largest absolute Gasteiger partial charge is 0.497 e. The van der Waals surface area contributed by atoms with Crippen molar-refractivity contribution in [3.8, 4) is 5.75 Å². The highest BCUT2D eigenvalue weighted by Gasteiger charge is 2.70. The average Bonchev–Trinajstić information content (AvgIpc) is 3.54. The summed E-state index contributed by atoms with van der Waals surface area (Å²) < 4.78 is 5.33. The fraction of sp³-hybridized carbons (Fsp3) is 0.520. The number of benzene rings is 1. The fourth-order valence-electron chi connectivity index (χ4n) is 7.19. The number of carboxylic acid groups (broad SMARTS) is 1. The van der Waals surface area contributed by atoms with Crippen molar-refractivity contribution in [2.24, 2.45) is 35.5 Å². The number of hydrogen-bond acceptors (Lipinski definition) is 7. The fourth-order valence-corrected chi connectivity index (χ4v) is 10.1. The number of amides is 2. The molecule has 8 nitrogen and oxygen atoms in total. The molecule has 2 aromatic rings. The predicted molar refractivity (Wildman–Crippen MR) is 130 cm³/mol. The van der Waals surface area contributed by atoms with Crippen molar-refractivity contribution in [1.82, 2.24) is 9.88 Å². The molecule has 184 valence electrons. The Balaban J connectivity index is 1.43. The second-order valence-corrected chi connectivity index (χ2v) is 12.5. The van der Waals surface area contributed by atoms with Gasteiger partial charge in [0.25, 0.3) is 0 Å². The van der Waals surface area contributed by atoms with Crippen molar-refractivity contribution in [2.75, 3.05) is 7.11 Å². The van der Waals surface area contributed by atoms with Crippen molar-refractivity contribution in [2.45, 2.75) is 42.5 Å². The normalized spacial score (nSPS) is 33.6. The summed E-state index contributed by atoms with van der Waals surface area (Å²) in [5.41, 5.74) is 1.06. The van der Waals surface area contributed by atoms with Crippen LogP contribution in [0.4, 0.5) is 0 Å². The van der Waals surface area contributed by atoms with Gasteiger partial charge >= 0.3 is 10.8 Å². The van der Waals surface area contributed by atoms with E-state index >= 15 is 0 Å². The standard InChI is InChI=1S/C25H26N2O6S2/c1-9(2)18(24(30)31)27-22(28)16-12-8-13(17(16)23(27)29)19-15(12)14(10-4-6-11(33-3)7-5-10)20-21(34-19)26-25(32)35-20/h4-7,9,12-19H,8H2,1-3H3,(H,26,32)(H,30,31)/t12?,13?,14-,15?,16?,17?,18?,19?/m1/s1. The van der Waals surface area contributed by atoms with E-state index in [-0.39, 0.29) is 51.5 Å². The number of aromatic nitrogens is 1. The van der Waals surface area contributed by atoms with Crippen LogP contribution in [0, 0.1) is 35.5 Å². The Hall–Kier alpha value is -2.59. The van der Waals surface area contributed by atoms with Gasteiger partial charge in [-0.1, -0.05) is 37.3 Å². The lowest BCUT2D eigenvalue weighted by atomic mass is 9.68. The number of aliphatic carboxylic acids is 1. The molecule has 3 fully saturated rings. The number of carboxylic acids is 1. The summed E-state index contributed by atoms with van der Waals surface area (Å²) in [7, 11) is 1.62. The first-order valence-corrected chi connectivity index (χ1v) is 13.6. The molecule has 2 saturated carbocycles. The van der Waals surface area contributed by atoms with E-state index in [9.17, 15) is 24.3 Å². The van der Waals surface area contributed by atoms with E-state index in [4.69, 9.17) is 4.74 Å². The second kappa shape index (κ2) is 7.96. The minimum absolute atomic E-state index is 0.0274. The van der Waals surface area contributed by atoms with Gasteiger partial charge in [0.05, 0.1) is 24.0 Å². The molecule has 2 aliphatic heterocycles. The molecule has 1 aromatic carbocycles. The topological polar surface area (TPSA) is 117 Å². The lowest BCUT2D eigenvalue weighted by Crippen LogP contribution is -2.49. The zero-order chi connectivity index (χ0) is 24.8. The molecule has 2 amide bonds. The molecule has 1 aromatic heterocycles. The van der Waals surface area contributed by atoms with Gasteiger partial charge in [0, 0.05) is 16.0 Å². The smallest absolute Gasteiger partial charge is 0.327 e. The van der Waals surface area contributed by atoms with Crippen LogP contribution in [-0.2, 0) is 14.4 Å². The van der Waals surface area contributed by atoms with Crippen molar-refractivity contribution in [1.29, 1.82) is 0 Å². The number of nitrogens with one attached hydrogen (secondary N) is 1. The van der Waals surface area contributed by atoms with Crippen molar-refractivity contribution < 1.29 is 24.2 Å². The zero-order valence-electron chi connectivity index (χ0n) is 19.5. The predicted octanol–water partition coefficient (Wildman–Crippen LogP) is 3.03. The number of hydrogen-bond donors (Lipinski definition) is 2. The van der Waals surface area contributed by atoms with Crippen molar-refractivity contribution >= 4 is 40.9 Å². The maximum Gasteiger partial charge on any atom is 0.327 e. The Morgan fingerprint density at radius 2 is 1.77 bits per heavy atom. The molecule has 0 radical (unpaired) electrons. The Morgan fingerprint density at radius 1 is 1.11 bits per heavy atom. The van der Waals surface area contributed by atoms with Crippen LogP contribution in [0.25, 0.3) is 0 Å². The number of nitrogens with zero attached hydrogens (tertiary/aromatic N) is 1. The molecule has 6 rings (SSSR count). The van der Waals surface area contributed by atoms with Gasteiger partial charge in [-0.15, -0.1) is 11.8 Å². The lowest BCUT2D eigenvalue weighted by molar-refractivity contribution is -0.157. The molecule has 2 aliphatic carbocycles. The van der Waals surface area contributed by atoms with E-state index in [0.29, 0.717) is 0 Å². The number of rotatable bonds is 5. The van der Waals surface area contributed by atoms with Crippen LogP contribution in [0.15, 0.2) is 34.1 Å². The molecule has 0 spiro atoms. The molecule has 10 heteroatoms. The van der Waals surface area contributed by atoms with Gasteiger partial charge < -0.3 is 14.8 Å². The van der Waals surface area contributed by atoms with Crippen LogP contribution in [-0.4, -0.2) is 51.2 Å². The quantitative estimate of drug-likeness (QED) is 0.589. The van der Waals surface area contributed by atoms with E-state index in [2.05, 4.69) is 4.98 Å². The van der Waals surface area contributed by atoms with Crippen molar-refractivity contribution in [3.05, 3.63) is 44.4 Å². The molecule has 1 saturated heterocycles. The minimum Gasteiger partial charge on any atom is -0.497 e. The third-order valence-electron chi connectivity index (χ3n) is 8.40. The summed E-state index contributed by atoms with van der Waals surface area (Å²) in [5, 5.41) is 10.7. The maximum absolute atomic E-state index is 13.7. The number of thioether (sulfide) groups is 1. The van der Waals surface area contributed by atoms with Crippen molar-refractivity contribution in [3.63, 3.8) is 0 Å². The number of ether oxygens (including phenoxy) is 1. The van der Waals surface area contributed by atoms with Crippen LogP contribution in [0.1, 0.15) is 36.6 Å². The van der Waals surface area contributed by atoms with Crippen LogP contribution >= 0.6 is 23.1 Å². The highest BCUT2D eigenvalue weighted by Crippen LogP contribution is 2.68. The number of thiazole rings is 1. The third-order valence-corrected chi connectivity index (χ3v) is 11.0. The lowest BCUT2D eigenvalue weighted by Gasteiger charge is -2.43. The number of fused-ring (bicyclic) bond motifs is 9. The van der Waals surface area contributed by atoms with Gasteiger partial charge in [-0.05, 0) is 47.8 Å². The molecule has 7 unspecified atom stereocenters. The monoisotopic (exact) mass is 514 g/mol. The van der Waals surface area contributed by atoms with Crippen LogP contribution in [0.2, 0.25) is 0 Å². The van der Waals surface area contributed by atoms with E-state index in [0.717, 1.165) is 32.5 Å². The summed E-state index contributed by atoms with van der Waals surface area (Å²) in [6, 6.07) is 6.69. The average molecular weight is 515 g/mol. The molecule has 3 heterocycles. The molecule has 4 aliphatic rings. The van der Waals surface area contributed by atoms with E-state index in [1.807, 2.05) is 24.3 Å². The highest BCUT2D eigenvalue weighted by molar-refractivity contribution is 8.00. The summed E-state index contributed by atoms with van der Waals surface area (Å²) >= 11 is 2.84. The van der Waals surface area contributed by atoms with Gasteiger partial charge in [-0.25, -0.2) is 4.79 Å². The molecule has 35 heavy (non-hydrogen) atoms. The van der Waals surface area contributed by atoms with Gasteiger partial charge in [-0.3, -0.25) is 19.3 Å². The molecular weight excluding hydrogens is 488 g/mol. The van der Waals surface area contributed by atoms with Crippen LogP contribution < -0.4 is 9.61 Å². The summed E-state index contributed by atoms with van der Waals surface area (Å²) in [5.74, 6) is -2.48. The van der Waals surface area contributed by atoms with Gasteiger partial charge in [0.2, 0.25) is 11.8 Å². The molecule has 2 bridgehead atoms. The Bertz CT molecular complexity index is 1280. The number of carbonyl (C=O) groups excluding carboxylic acids is 2. The molecule has 8 atom stereocenters. The number of carbonyl (C=O) groups is 3. The van der Waals surface area contributed by atoms with Crippen LogP contribution in [0.5, 0.6) is 5.75 Å². The summed E-state index contributed by atoms with van der Waals surface area (Å²) in [6.45, 7) is 3.46. The molecular formula is C25H26N2O6S2. The van der Waals surface area contributed by atoms with Gasteiger partial charge in [0.15, 0.2) is 0 Å². The second-order valence-electron chi connectivity index (χ2n) is 10.3. The Kier molecular flexibility index (Phi) is 5.20. The number of imide groups is 1. The number of H-pyrrole nitrogens is 1. The SMILES string of the molecule is COc1ccc([C@H]2c3sc(=O)[nH]c3SC3C4CC(C5C(=O)N(C(C(=O)O)C(C)C)C(=O)C45)C32)cc1. The highest BCUT2D eigenvalue weighted by atomic mass is 32.2. The first-order valence-electron chi connectivity index (χ1n) is 11.9. The summed E-state index contributed by atoms with van der Waals surface area (Å²) in [6.07, 6.45) is 0.772. The zero-order valence-corrected chi connectivity index (χ0v) is 21.1. The minimum atomic E-state index is -1.15. The van der Waals surface area contributed by atoms with Gasteiger partial charge in [0.1, 0.15) is 11.8 Å². The first-order chi connectivity index (χ1) is 16.7. The van der Waals surface area contributed by atoms with E-state index < -0.39 is 23.8 Å². The maximum atomic E-state index is 13.7. The number of methoxy groups -OCH3 is 1. The summed E-state index contributed by atoms with van der Waals surface area (Å²) in [4.78, 5) is 56.5.